The van der Waals surface area contributed by atoms with E-state index in [0.29, 0.717) is 11.0 Å². The van der Waals surface area contributed by atoms with Crippen LogP contribution in [-0.2, 0) is 0 Å². The Bertz CT molecular complexity index is 756. The van der Waals surface area contributed by atoms with Crippen LogP contribution in [0.5, 0.6) is 0 Å². The Balaban J connectivity index is 1.85. The minimum atomic E-state index is 0.426. The molecule has 0 unspecified atom stereocenters. The number of fused-ring (bicyclic) bond motifs is 1. The third-order valence-electron chi connectivity index (χ3n) is 2.75. The van der Waals surface area contributed by atoms with E-state index >= 15 is 0 Å². The molecule has 3 rings (SSSR count). The molecule has 98 valence electrons. The summed E-state index contributed by atoms with van der Waals surface area (Å²) in [5.41, 5.74) is 4.47. The summed E-state index contributed by atoms with van der Waals surface area (Å²) >= 11 is 6.14. The van der Waals surface area contributed by atoms with E-state index in [-0.39, 0.29) is 0 Å². The van der Waals surface area contributed by atoms with Crippen molar-refractivity contribution in [2.75, 3.05) is 5.43 Å². The lowest BCUT2D eigenvalue weighted by atomic mass is 10.2. The Kier molecular flexibility index (Phi) is 3.56. The van der Waals surface area contributed by atoms with Gasteiger partial charge in [-0.05, 0) is 24.3 Å². The van der Waals surface area contributed by atoms with Gasteiger partial charge in [-0.2, -0.15) is 5.10 Å². The number of pyridine rings is 2. The van der Waals surface area contributed by atoms with Crippen molar-refractivity contribution in [2.24, 2.45) is 5.10 Å². The van der Waals surface area contributed by atoms with Crippen LogP contribution in [0.2, 0.25) is 5.15 Å². The largest absolute Gasteiger partial charge is 0.261 e. The van der Waals surface area contributed by atoms with Crippen molar-refractivity contribution in [1.82, 2.24) is 9.97 Å². The quantitative estimate of drug-likeness (QED) is 0.452. The summed E-state index contributed by atoms with van der Waals surface area (Å²) in [6.45, 7) is 0. The van der Waals surface area contributed by atoms with Gasteiger partial charge in [0.05, 0.1) is 11.7 Å². The summed E-state index contributed by atoms with van der Waals surface area (Å²) in [6.07, 6.45) is 3.33. The molecule has 1 aromatic carbocycles. The minimum Gasteiger partial charge on any atom is -0.261 e. The maximum absolute atomic E-state index is 6.14. The van der Waals surface area contributed by atoms with Gasteiger partial charge >= 0.3 is 0 Å². The lowest BCUT2D eigenvalue weighted by Crippen LogP contribution is -1.94. The van der Waals surface area contributed by atoms with Gasteiger partial charge in [0.1, 0.15) is 11.0 Å². The molecule has 0 bridgehead atoms. The van der Waals surface area contributed by atoms with Gasteiger partial charge in [0.15, 0.2) is 0 Å². The standard InChI is InChI=1S/C15H11ClN4/c16-15-12(9-11-5-1-2-6-13(11)19-15)10-18-20-14-7-3-4-8-17-14/h1-10H,(H,17,20). The second-order valence-corrected chi connectivity index (χ2v) is 4.50. The lowest BCUT2D eigenvalue weighted by molar-refractivity contribution is 1.23. The fourth-order valence-electron chi connectivity index (χ4n) is 1.80. The summed E-state index contributed by atoms with van der Waals surface area (Å²) in [7, 11) is 0. The average molecular weight is 283 g/mol. The lowest BCUT2D eigenvalue weighted by Gasteiger charge is -2.02. The van der Waals surface area contributed by atoms with E-state index in [4.69, 9.17) is 11.6 Å². The molecule has 2 aromatic heterocycles. The number of para-hydroxylation sites is 1. The molecule has 0 radical (unpaired) electrons. The Hall–Kier alpha value is -2.46. The Morgan fingerprint density at radius 3 is 2.80 bits per heavy atom. The molecule has 0 aliphatic carbocycles. The highest BCUT2D eigenvalue weighted by atomic mass is 35.5. The molecule has 0 saturated heterocycles. The molecule has 0 aliphatic rings. The average Bonchev–Trinajstić information content (AvgIpc) is 2.49. The first-order valence-electron chi connectivity index (χ1n) is 6.08. The predicted octanol–water partition coefficient (Wildman–Crippen LogP) is 3.73. The van der Waals surface area contributed by atoms with E-state index in [0.717, 1.165) is 16.5 Å². The van der Waals surface area contributed by atoms with Gasteiger partial charge in [-0.3, -0.25) is 5.43 Å². The highest BCUT2D eigenvalue weighted by Crippen LogP contribution is 2.19. The highest BCUT2D eigenvalue weighted by Gasteiger charge is 2.02. The van der Waals surface area contributed by atoms with E-state index in [1.54, 1.807) is 12.4 Å². The summed E-state index contributed by atoms with van der Waals surface area (Å²) < 4.78 is 0. The zero-order chi connectivity index (χ0) is 13.8. The molecule has 5 heteroatoms. The SMILES string of the molecule is Clc1nc2ccccc2cc1C=NNc1ccccn1. The van der Waals surface area contributed by atoms with Crippen LogP contribution < -0.4 is 5.43 Å². The van der Waals surface area contributed by atoms with Crippen LogP contribution in [0.25, 0.3) is 10.9 Å². The fraction of sp³-hybridized carbons (Fsp3) is 0. The van der Waals surface area contributed by atoms with Crippen LogP contribution in [0.15, 0.2) is 59.8 Å². The zero-order valence-electron chi connectivity index (χ0n) is 10.5. The number of benzene rings is 1. The van der Waals surface area contributed by atoms with E-state index in [1.165, 1.54) is 0 Å². The summed E-state index contributed by atoms with van der Waals surface area (Å²) in [5, 5.41) is 5.57. The van der Waals surface area contributed by atoms with Gasteiger partial charge in [0, 0.05) is 17.1 Å². The Morgan fingerprint density at radius 1 is 1.10 bits per heavy atom. The summed E-state index contributed by atoms with van der Waals surface area (Å²) in [4.78, 5) is 8.44. The molecule has 3 aromatic rings. The van der Waals surface area contributed by atoms with Gasteiger partial charge in [0.2, 0.25) is 0 Å². The number of hydrogen-bond donors (Lipinski definition) is 1. The highest BCUT2D eigenvalue weighted by molar-refractivity contribution is 6.32. The smallest absolute Gasteiger partial charge is 0.146 e. The van der Waals surface area contributed by atoms with Crippen LogP contribution in [0.1, 0.15) is 5.56 Å². The number of nitrogens with zero attached hydrogens (tertiary/aromatic N) is 3. The van der Waals surface area contributed by atoms with Gasteiger partial charge in [-0.15, -0.1) is 0 Å². The first-order valence-corrected chi connectivity index (χ1v) is 6.46. The predicted molar refractivity (Wildman–Crippen MR) is 82.2 cm³/mol. The van der Waals surface area contributed by atoms with Crippen LogP contribution in [0, 0.1) is 0 Å². The van der Waals surface area contributed by atoms with Crippen LogP contribution in [-0.4, -0.2) is 16.2 Å². The molecule has 0 fully saturated rings. The number of aromatic nitrogens is 2. The molecular weight excluding hydrogens is 272 g/mol. The second kappa shape index (κ2) is 5.67. The summed E-state index contributed by atoms with van der Waals surface area (Å²) in [5.74, 6) is 0.675. The topological polar surface area (TPSA) is 50.2 Å². The van der Waals surface area contributed by atoms with E-state index in [9.17, 15) is 0 Å². The van der Waals surface area contributed by atoms with Crippen molar-refractivity contribution >= 4 is 34.5 Å². The maximum atomic E-state index is 6.14. The van der Waals surface area contributed by atoms with Crippen molar-refractivity contribution in [1.29, 1.82) is 0 Å². The second-order valence-electron chi connectivity index (χ2n) is 4.15. The third-order valence-corrected chi connectivity index (χ3v) is 3.05. The zero-order valence-corrected chi connectivity index (χ0v) is 11.2. The molecule has 0 atom stereocenters. The third kappa shape index (κ3) is 2.75. The number of hydrogen-bond acceptors (Lipinski definition) is 4. The Morgan fingerprint density at radius 2 is 1.95 bits per heavy atom. The van der Waals surface area contributed by atoms with Gasteiger partial charge < -0.3 is 0 Å². The van der Waals surface area contributed by atoms with Crippen molar-refractivity contribution < 1.29 is 0 Å². The number of anilines is 1. The number of nitrogens with one attached hydrogen (secondary N) is 1. The molecule has 0 aliphatic heterocycles. The fourth-order valence-corrected chi connectivity index (χ4v) is 1.99. The molecule has 2 heterocycles. The summed E-state index contributed by atoms with van der Waals surface area (Å²) in [6, 6.07) is 15.3. The van der Waals surface area contributed by atoms with Crippen molar-refractivity contribution in [3.8, 4) is 0 Å². The normalized spacial score (nSPS) is 11.1. The van der Waals surface area contributed by atoms with Crippen LogP contribution >= 0.6 is 11.6 Å². The van der Waals surface area contributed by atoms with Crippen LogP contribution in [0.3, 0.4) is 0 Å². The van der Waals surface area contributed by atoms with Gasteiger partial charge in [0.25, 0.3) is 0 Å². The molecule has 0 saturated carbocycles. The molecule has 4 nitrogen and oxygen atoms in total. The number of rotatable bonds is 3. The number of hydrazone groups is 1. The van der Waals surface area contributed by atoms with Crippen molar-refractivity contribution in [3.05, 3.63) is 65.4 Å². The minimum absolute atomic E-state index is 0.426. The van der Waals surface area contributed by atoms with E-state index in [1.807, 2.05) is 48.5 Å². The monoisotopic (exact) mass is 282 g/mol. The van der Waals surface area contributed by atoms with Crippen molar-refractivity contribution in [2.45, 2.75) is 0 Å². The van der Waals surface area contributed by atoms with Crippen molar-refractivity contribution in [3.63, 3.8) is 0 Å². The molecule has 20 heavy (non-hydrogen) atoms. The van der Waals surface area contributed by atoms with Crippen LogP contribution in [0.4, 0.5) is 5.82 Å². The Labute approximate surface area is 121 Å². The molecule has 1 N–H and O–H groups in total. The molecule has 0 spiro atoms. The van der Waals surface area contributed by atoms with E-state index < -0.39 is 0 Å². The maximum Gasteiger partial charge on any atom is 0.146 e. The molecular formula is C15H11ClN4. The first kappa shape index (κ1) is 12.6. The first-order chi connectivity index (χ1) is 9.83. The van der Waals surface area contributed by atoms with Gasteiger partial charge in [-0.1, -0.05) is 35.9 Å². The molecule has 0 amide bonds. The van der Waals surface area contributed by atoms with E-state index in [2.05, 4.69) is 20.5 Å². The number of halogens is 1. The van der Waals surface area contributed by atoms with Gasteiger partial charge in [-0.25, -0.2) is 9.97 Å².